The first-order valence-electron chi connectivity index (χ1n) is 8.43. The molecule has 2 rings (SSSR count). The van der Waals surface area contributed by atoms with Crippen LogP contribution < -0.4 is 5.84 Å². The Morgan fingerprint density at radius 3 is 2.16 bits per heavy atom. The lowest BCUT2D eigenvalue weighted by Crippen LogP contribution is -2.48. The van der Waals surface area contributed by atoms with Gasteiger partial charge in [0.2, 0.25) is 5.91 Å². The van der Waals surface area contributed by atoms with Crippen LogP contribution in [0.15, 0.2) is 12.2 Å². The topological polar surface area (TPSA) is 110 Å². The Labute approximate surface area is 146 Å². The van der Waals surface area contributed by atoms with E-state index in [-0.39, 0.29) is 23.7 Å². The first-order valence-corrected chi connectivity index (χ1v) is 8.43. The molecule has 0 aromatic heterocycles. The summed E-state index contributed by atoms with van der Waals surface area (Å²) in [5.41, 5.74) is -0.727. The molecule has 2 N–H and O–H groups in total. The molecule has 138 valence electrons. The van der Waals surface area contributed by atoms with E-state index in [1.165, 1.54) is 17.1 Å². The summed E-state index contributed by atoms with van der Waals surface area (Å²) in [5, 5.41) is 0.549. The van der Waals surface area contributed by atoms with E-state index in [4.69, 9.17) is 10.6 Å². The van der Waals surface area contributed by atoms with Gasteiger partial charge in [0, 0.05) is 24.6 Å². The molecule has 0 bridgehead atoms. The molecule has 1 fully saturated rings. The molecule has 0 unspecified atom stereocenters. The molecular weight excluding hydrogens is 326 g/mol. The number of rotatable bonds is 3. The number of hydrazine groups is 1. The van der Waals surface area contributed by atoms with Crippen LogP contribution in [-0.2, 0) is 19.1 Å². The number of ether oxygens (including phenoxy) is 1. The summed E-state index contributed by atoms with van der Waals surface area (Å²) < 4.78 is 5.10. The SMILES string of the molecule is CC(C)(C)OC(=O)N(N)C(=O)C1CCC(CN2C(=O)C=CC2=O)CC1. The number of amides is 4. The fourth-order valence-corrected chi connectivity index (χ4v) is 3.06. The van der Waals surface area contributed by atoms with Crippen molar-refractivity contribution in [2.24, 2.45) is 17.7 Å². The van der Waals surface area contributed by atoms with Gasteiger partial charge in [-0.05, 0) is 52.4 Å². The number of imide groups is 2. The van der Waals surface area contributed by atoms with Crippen molar-refractivity contribution in [3.05, 3.63) is 12.2 Å². The summed E-state index contributed by atoms with van der Waals surface area (Å²) in [4.78, 5) is 48.7. The molecule has 1 aliphatic heterocycles. The van der Waals surface area contributed by atoms with Gasteiger partial charge in [0.15, 0.2) is 0 Å². The van der Waals surface area contributed by atoms with E-state index in [2.05, 4.69) is 0 Å². The number of carbonyl (C=O) groups is 4. The smallest absolute Gasteiger partial charge is 0.431 e. The molecule has 1 heterocycles. The minimum Gasteiger partial charge on any atom is -0.442 e. The Balaban J connectivity index is 1.83. The fourth-order valence-electron chi connectivity index (χ4n) is 3.06. The van der Waals surface area contributed by atoms with Crippen LogP contribution in [0.2, 0.25) is 0 Å². The molecule has 0 atom stereocenters. The van der Waals surface area contributed by atoms with E-state index in [1.54, 1.807) is 20.8 Å². The van der Waals surface area contributed by atoms with Gasteiger partial charge in [-0.15, -0.1) is 0 Å². The van der Waals surface area contributed by atoms with Gasteiger partial charge >= 0.3 is 6.09 Å². The first-order chi connectivity index (χ1) is 11.6. The van der Waals surface area contributed by atoms with E-state index in [0.29, 0.717) is 37.2 Å². The van der Waals surface area contributed by atoms with Crippen molar-refractivity contribution in [3.8, 4) is 0 Å². The van der Waals surface area contributed by atoms with E-state index < -0.39 is 17.6 Å². The molecular formula is C17H25N3O5. The van der Waals surface area contributed by atoms with Gasteiger partial charge in [-0.3, -0.25) is 19.3 Å². The maximum Gasteiger partial charge on any atom is 0.431 e. The van der Waals surface area contributed by atoms with E-state index in [1.807, 2.05) is 0 Å². The van der Waals surface area contributed by atoms with Gasteiger partial charge in [0.1, 0.15) is 5.60 Å². The normalized spacial score (nSPS) is 23.8. The van der Waals surface area contributed by atoms with Crippen LogP contribution in [0.4, 0.5) is 4.79 Å². The molecule has 25 heavy (non-hydrogen) atoms. The zero-order valence-electron chi connectivity index (χ0n) is 14.9. The molecule has 8 heteroatoms. The van der Waals surface area contributed by atoms with E-state index in [9.17, 15) is 19.2 Å². The third kappa shape index (κ3) is 4.88. The molecule has 0 spiro atoms. The zero-order chi connectivity index (χ0) is 18.8. The second-order valence-electron chi connectivity index (χ2n) is 7.53. The third-order valence-electron chi connectivity index (χ3n) is 4.36. The van der Waals surface area contributed by atoms with Gasteiger partial charge < -0.3 is 4.74 Å². The van der Waals surface area contributed by atoms with Gasteiger partial charge in [0.25, 0.3) is 11.8 Å². The summed E-state index contributed by atoms with van der Waals surface area (Å²) >= 11 is 0. The van der Waals surface area contributed by atoms with Crippen molar-refractivity contribution in [2.45, 2.75) is 52.1 Å². The molecule has 1 aliphatic carbocycles. The van der Waals surface area contributed by atoms with E-state index >= 15 is 0 Å². The number of nitrogens with zero attached hydrogens (tertiary/aromatic N) is 2. The fraction of sp³-hybridized carbons (Fsp3) is 0.647. The number of hydrogen-bond donors (Lipinski definition) is 1. The summed E-state index contributed by atoms with van der Waals surface area (Å²) in [6.45, 7) is 5.46. The zero-order valence-corrected chi connectivity index (χ0v) is 14.9. The molecule has 0 aromatic rings. The van der Waals surface area contributed by atoms with E-state index in [0.717, 1.165) is 0 Å². The Bertz CT molecular complexity index is 582. The minimum atomic E-state index is -0.862. The maximum atomic E-state index is 12.4. The second-order valence-corrected chi connectivity index (χ2v) is 7.53. The summed E-state index contributed by atoms with van der Waals surface area (Å²) in [6, 6.07) is 0. The standard InChI is InChI=1S/C17H25N3O5/c1-17(2,3)25-16(24)20(18)15(23)12-6-4-11(5-7-12)10-19-13(21)8-9-14(19)22/h8-9,11-12H,4-7,10,18H2,1-3H3. The lowest BCUT2D eigenvalue weighted by molar-refractivity contribution is -0.140. The van der Waals surface area contributed by atoms with Crippen LogP contribution in [0.25, 0.3) is 0 Å². The highest BCUT2D eigenvalue weighted by Crippen LogP contribution is 2.31. The van der Waals surface area contributed by atoms with Crippen LogP contribution in [0.1, 0.15) is 46.5 Å². The second kappa shape index (κ2) is 7.35. The van der Waals surface area contributed by atoms with Crippen LogP contribution >= 0.6 is 0 Å². The van der Waals surface area contributed by atoms with Crippen molar-refractivity contribution in [2.75, 3.05) is 6.54 Å². The number of carbonyl (C=O) groups excluding carboxylic acids is 4. The quantitative estimate of drug-likeness (QED) is 0.356. The van der Waals surface area contributed by atoms with Gasteiger partial charge in [-0.1, -0.05) is 0 Å². The van der Waals surface area contributed by atoms with Crippen LogP contribution in [-0.4, -0.2) is 45.9 Å². The predicted octanol–water partition coefficient (Wildman–Crippen LogP) is 1.36. The Hall–Kier alpha value is -2.22. The van der Waals surface area contributed by atoms with Crippen molar-refractivity contribution in [1.29, 1.82) is 0 Å². The summed E-state index contributed by atoms with van der Waals surface area (Å²) in [6.07, 6.45) is 4.17. The Morgan fingerprint density at radius 2 is 1.68 bits per heavy atom. The molecule has 4 amide bonds. The van der Waals surface area contributed by atoms with Crippen LogP contribution in [0, 0.1) is 11.8 Å². The lowest BCUT2D eigenvalue weighted by Gasteiger charge is -2.31. The van der Waals surface area contributed by atoms with Crippen molar-refractivity contribution < 1.29 is 23.9 Å². The first kappa shape index (κ1) is 19.1. The Morgan fingerprint density at radius 1 is 1.16 bits per heavy atom. The van der Waals surface area contributed by atoms with Crippen molar-refractivity contribution >= 4 is 23.8 Å². The van der Waals surface area contributed by atoms with Gasteiger partial charge in [-0.25, -0.2) is 10.6 Å². The van der Waals surface area contributed by atoms with Crippen molar-refractivity contribution in [1.82, 2.24) is 9.91 Å². The summed E-state index contributed by atoms with van der Waals surface area (Å²) in [5.74, 6) is 4.38. The molecule has 0 radical (unpaired) electrons. The molecule has 2 aliphatic rings. The number of nitrogens with two attached hydrogens (primary N) is 1. The highest BCUT2D eigenvalue weighted by Gasteiger charge is 2.34. The predicted molar refractivity (Wildman–Crippen MR) is 88.6 cm³/mol. The highest BCUT2D eigenvalue weighted by atomic mass is 16.6. The lowest BCUT2D eigenvalue weighted by atomic mass is 9.81. The van der Waals surface area contributed by atoms with Crippen molar-refractivity contribution in [3.63, 3.8) is 0 Å². The molecule has 1 saturated carbocycles. The van der Waals surface area contributed by atoms with Crippen LogP contribution in [0.3, 0.4) is 0 Å². The molecule has 8 nitrogen and oxygen atoms in total. The average Bonchev–Trinajstić information content (AvgIpc) is 2.84. The summed E-state index contributed by atoms with van der Waals surface area (Å²) in [7, 11) is 0. The monoisotopic (exact) mass is 351 g/mol. The largest absolute Gasteiger partial charge is 0.442 e. The average molecular weight is 351 g/mol. The van der Waals surface area contributed by atoms with Gasteiger partial charge in [-0.2, -0.15) is 5.01 Å². The van der Waals surface area contributed by atoms with Gasteiger partial charge in [0.05, 0.1) is 0 Å². The maximum absolute atomic E-state index is 12.4. The molecule has 0 aromatic carbocycles. The van der Waals surface area contributed by atoms with Crippen LogP contribution in [0.5, 0.6) is 0 Å². The molecule has 0 saturated heterocycles. The minimum absolute atomic E-state index is 0.157. The highest BCUT2D eigenvalue weighted by molar-refractivity contribution is 6.12. The third-order valence-corrected chi connectivity index (χ3v) is 4.36. The Kier molecular flexibility index (Phi) is 5.62. The number of hydrogen-bond acceptors (Lipinski definition) is 6.